The first-order valence-electron chi connectivity index (χ1n) is 8.68. The molecule has 0 unspecified atom stereocenters. The summed E-state index contributed by atoms with van der Waals surface area (Å²) >= 11 is 0. The number of anilines is 1. The molecule has 0 saturated carbocycles. The van der Waals surface area contributed by atoms with Crippen LogP contribution in [0.5, 0.6) is 0 Å². The van der Waals surface area contributed by atoms with E-state index >= 15 is 0 Å². The lowest BCUT2D eigenvalue weighted by atomic mass is 10.2. The summed E-state index contributed by atoms with van der Waals surface area (Å²) in [5.74, 6) is 5.44. The topological polar surface area (TPSA) is 146 Å². The summed E-state index contributed by atoms with van der Waals surface area (Å²) in [6, 6.07) is 13.1. The van der Waals surface area contributed by atoms with Crippen molar-refractivity contribution in [3.63, 3.8) is 0 Å². The predicted octanol–water partition coefficient (Wildman–Crippen LogP) is 1.29. The maximum atomic E-state index is 11.7. The molecule has 29 heavy (non-hydrogen) atoms. The Bertz CT molecular complexity index is 1120. The highest BCUT2D eigenvalue weighted by Crippen LogP contribution is 2.05. The average molecular weight is 392 g/mol. The van der Waals surface area contributed by atoms with Gasteiger partial charge in [0.1, 0.15) is 0 Å². The second kappa shape index (κ2) is 9.24. The molecule has 0 atom stereocenters. The van der Waals surface area contributed by atoms with Crippen LogP contribution in [0.25, 0.3) is 11.2 Å². The van der Waals surface area contributed by atoms with E-state index in [-0.39, 0.29) is 11.5 Å². The van der Waals surface area contributed by atoms with Gasteiger partial charge in [-0.2, -0.15) is 4.98 Å². The molecule has 0 aliphatic heterocycles. The summed E-state index contributed by atoms with van der Waals surface area (Å²) in [5.41, 5.74) is 2.23. The predicted molar refractivity (Wildman–Crippen MR) is 109 cm³/mol. The number of hydrogen-bond acceptors (Lipinski definition) is 7. The van der Waals surface area contributed by atoms with E-state index in [9.17, 15) is 9.59 Å². The lowest BCUT2D eigenvalue weighted by Gasteiger charge is -2.08. The van der Waals surface area contributed by atoms with Crippen LogP contribution in [-0.4, -0.2) is 42.9 Å². The number of H-pyrrole nitrogens is 2. The van der Waals surface area contributed by atoms with E-state index < -0.39 is 0 Å². The second-order valence-corrected chi connectivity index (χ2v) is 6.01. The van der Waals surface area contributed by atoms with Crippen LogP contribution in [0, 0.1) is 0 Å². The Balaban J connectivity index is 0.000000188. The molecule has 5 N–H and O–H groups in total. The molecule has 10 nitrogen and oxygen atoms in total. The van der Waals surface area contributed by atoms with Crippen LogP contribution >= 0.6 is 0 Å². The van der Waals surface area contributed by atoms with Gasteiger partial charge in [0.25, 0.3) is 11.5 Å². The molecular weight excluding hydrogens is 372 g/mol. The third-order valence-electron chi connectivity index (χ3n) is 3.85. The number of nitrogens with zero attached hydrogens (tertiary/aromatic N) is 4. The van der Waals surface area contributed by atoms with Crippen LogP contribution in [0.4, 0.5) is 5.95 Å². The highest BCUT2D eigenvalue weighted by molar-refractivity contribution is 5.93. The normalized spacial score (nSPS) is 10.1. The Hall–Kier alpha value is -4.05. The summed E-state index contributed by atoms with van der Waals surface area (Å²) in [7, 11) is 1.50. The van der Waals surface area contributed by atoms with Gasteiger partial charge < -0.3 is 10.3 Å². The summed E-state index contributed by atoms with van der Waals surface area (Å²) in [6.07, 6.45) is 4.56. The minimum absolute atomic E-state index is 0.215. The Morgan fingerprint density at radius 3 is 2.59 bits per heavy atom. The number of hydrazine groups is 1. The van der Waals surface area contributed by atoms with Crippen molar-refractivity contribution in [3.8, 4) is 0 Å². The summed E-state index contributed by atoms with van der Waals surface area (Å²) in [4.78, 5) is 40.1. The smallest absolute Gasteiger partial charge is 0.278 e. The van der Waals surface area contributed by atoms with Gasteiger partial charge in [-0.1, -0.05) is 30.3 Å². The van der Waals surface area contributed by atoms with Crippen molar-refractivity contribution >= 4 is 23.0 Å². The lowest BCUT2D eigenvalue weighted by molar-refractivity contribution is 0.0795. The Kier molecular flexibility index (Phi) is 6.28. The van der Waals surface area contributed by atoms with Crippen LogP contribution in [-0.2, 0) is 6.54 Å². The number of aromatic nitrogens is 5. The van der Waals surface area contributed by atoms with Gasteiger partial charge in [-0.15, -0.1) is 0 Å². The summed E-state index contributed by atoms with van der Waals surface area (Å²) in [6.45, 7) is 0.597. The first-order chi connectivity index (χ1) is 14.0. The number of hydrogen-bond donors (Lipinski definition) is 4. The maximum Gasteiger partial charge on any atom is 0.278 e. The van der Waals surface area contributed by atoms with Crippen LogP contribution in [0.1, 0.15) is 15.9 Å². The lowest BCUT2D eigenvalue weighted by Crippen LogP contribution is -2.32. The molecule has 3 aromatic heterocycles. The fourth-order valence-electron chi connectivity index (χ4n) is 2.41. The number of pyridine rings is 1. The quantitative estimate of drug-likeness (QED) is 0.232. The molecule has 4 rings (SSSR count). The van der Waals surface area contributed by atoms with Crippen LogP contribution in [0.15, 0.2) is 66.0 Å². The van der Waals surface area contributed by atoms with Gasteiger partial charge in [-0.3, -0.25) is 24.6 Å². The first-order valence-corrected chi connectivity index (χ1v) is 8.68. The van der Waals surface area contributed by atoms with Gasteiger partial charge in [0.2, 0.25) is 5.95 Å². The zero-order valence-electron chi connectivity index (χ0n) is 15.7. The van der Waals surface area contributed by atoms with Crippen LogP contribution < -0.4 is 16.7 Å². The van der Waals surface area contributed by atoms with Gasteiger partial charge in [0.15, 0.2) is 11.2 Å². The number of benzene rings is 1. The number of carbonyl (C=O) groups excluding carboxylic acids is 1. The van der Waals surface area contributed by atoms with Crippen molar-refractivity contribution in [3.05, 3.63) is 82.7 Å². The minimum Gasteiger partial charge on any atom is -0.352 e. The highest BCUT2D eigenvalue weighted by atomic mass is 16.2. The zero-order chi connectivity index (χ0) is 20.6. The van der Waals surface area contributed by atoms with Crippen molar-refractivity contribution in [2.75, 3.05) is 12.4 Å². The zero-order valence-corrected chi connectivity index (χ0v) is 15.7. The van der Waals surface area contributed by atoms with E-state index in [0.29, 0.717) is 29.2 Å². The molecule has 1 amide bonds. The monoisotopic (exact) mass is 392 g/mol. The van der Waals surface area contributed by atoms with Gasteiger partial charge in [-0.05, 0) is 17.7 Å². The van der Waals surface area contributed by atoms with E-state index in [1.54, 1.807) is 24.5 Å². The number of nitrogens with one attached hydrogen (secondary N) is 3. The van der Waals surface area contributed by atoms with Crippen molar-refractivity contribution < 1.29 is 4.79 Å². The third kappa shape index (κ3) is 5.23. The molecule has 0 bridgehead atoms. The number of rotatable bonds is 4. The van der Waals surface area contributed by atoms with Crippen molar-refractivity contribution in [2.24, 2.45) is 5.84 Å². The van der Waals surface area contributed by atoms with Gasteiger partial charge in [0, 0.05) is 31.5 Å². The molecule has 0 aliphatic rings. The van der Waals surface area contributed by atoms with Gasteiger partial charge in [-0.25, -0.2) is 10.8 Å². The number of nitrogens with two attached hydrogens (primary N) is 1. The van der Waals surface area contributed by atoms with Crippen LogP contribution in [0.2, 0.25) is 0 Å². The fraction of sp³-hybridized carbons (Fsp3) is 0.105. The van der Waals surface area contributed by atoms with Crippen molar-refractivity contribution in [2.45, 2.75) is 6.54 Å². The molecule has 1 aromatic carbocycles. The molecule has 0 radical (unpaired) electrons. The van der Waals surface area contributed by atoms with Gasteiger partial charge in [0.05, 0.1) is 6.33 Å². The standard InChI is InChI=1S/C12H11N5O.C7H9N3O/c18-11-9-10(15-7-14-9)16-12(17-11)13-6-8-4-2-1-3-5-8;1-10(8)7(11)6-2-4-9-5-3-6/h1-5,7H,6H2,(H3,13,14,15,16,17,18);2-5H,8H2,1H3. The summed E-state index contributed by atoms with van der Waals surface area (Å²) < 4.78 is 0. The molecule has 0 fully saturated rings. The third-order valence-corrected chi connectivity index (χ3v) is 3.85. The Labute approximate surface area is 165 Å². The number of carbonyl (C=O) groups is 1. The fourth-order valence-corrected chi connectivity index (χ4v) is 2.41. The maximum absolute atomic E-state index is 11.7. The van der Waals surface area contributed by atoms with E-state index in [1.807, 2.05) is 30.3 Å². The largest absolute Gasteiger partial charge is 0.352 e. The molecule has 4 aromatic rings. The molecule has 0 saturated heterocycles. The summed E-state index contributed by atoms with van der Waals surface area (Å²) in [5, 5.41) is 4.10. The first kappa shape index (κ1) is 19.7. The van der Waals surface area contributed by atoms with E-state index in [2.05, 4.69) is 30.2 Å². The second-order valence-electron chi connectivity index (χ2n) is 6.01. The molecular formula is C19H20N8O2. The SMILES string of the molecule is CN(N)C(=O)c1ccncc1.O=c1[nH]c(NCc2ccccc2)nc2nc[nH]c12. The number of aromatic amines is 2. The van der Waals surface area contributed by atoms with Crippen molar-refractivity contribution in [1.82, 2.24) is 29.9 Å². The van der Waals surface area contributed by atoms with Gasteiger partial charge >= 0.3 is 0 Å². The molecule has 3 heterocycles. The minimum atomic E-state index is -0.229. The Morgan fingerprint density at radius 2 is 1.90 bits per heavy atom. The average Bonchev–Trinajstić information content (AvgIpc) is 3.23. The highest BCUT2D eigenvalue weighted by Gasteiger charge is 2.06. The number of amides is 1. The molecule has 0 spiro atoms. The number of imidazole rings is 1. The van der Waals surface area contributed by atoms with E-state index in [4.69, 9.17) is 5.84 Å². The van der Waals surface area contributed by atoms with Crippen molar-refractivity contribution in [1.29, 1.82) is 0 Å². The van der Waals surface area contributed by atoms with E-state index in [1.165, 1.54) is 13.4 Å². The molecule has 148 valence electrons. The molecule has 0 aliphatic carbocycles. The Morgan fingerprint density at radius 1 is 1.17 bits per heavy atom. The van der Waals surface area contributed by atoms with Crippen LogP contribution in [0.3, 0.4) is 0 Å². The molecule has 10 heteroatoms. The number of fused-ring (bicyclic) bond motifs is 1. The van der Waals surface area contributed by atoms with E-state index in [0.717, 1.165) is 10.6 Å².